The Labute approximate surface area is 101 Å². The average Bonchev–Trinajstić information content (AvgIpc) is 2.38. The first-order valence-electron chi connectivity index (χ1n) is 5.91. The van der Waals surface area contributed by atoms with Crippen molar-refractivity contribution in [2.75, 3.05) is 38.0 Å². The topological polar surface area (TPSA) is 57.3 Å². The lowest BCUT2D eigenvalue weighted by molar-refractivity contribution is -0.129. The van der Waals surface area contributed by atoms with Crippen LogP contribution in [-0.4, -0.2) is 48.5 Å². The molecule has 0 atom stereocenters. The van der Waals surface area contributed by atoms with Crippen molar-refractivity contribution in [2.45, 2.75) is 6.92 Å². The van der Waals surface area contributed by atoms with Gasteiger partial charge in [0.2, 0.25) is 5.91 Å². The molecule has 5 heteroatoms. The van der Waals surface area contributed by atoms with Crippen LogP contribution in [0.15, 0.2) is 18.3 Å². The first kappa shape index (κ1) is 11.9. The van der Waals surface area contributed by atoms with Crippen LogP contribution in [-0.2, 0) is 4.79 Å². The van der Waals surface area contributed by atoms with Gasteiger partial charge in [0.05, 0.1) is 6.54 Å². The molecule has 92 valence electrons. The van der Waals surface area contributed by atoms with Crippen LogP contribution in [0, 0.1) is 6.92 Å². The molecule has 0 saturated carbocycles. The van der Waals surface area contributed by atoms with Crippen molar-refractivity contribution in [1.82, 2.24) is 15.2 Å². The number of nitrogens with zero attached hydrogens (tertiary/aromatic N) is 2. The summed E-state index contributed by atoms with van der Waals surface area (Å²) in [7, 11) is 0. The van der Waals surface area contributed by atoms with Crippen molar-refractivity contribution in [1.29, 1.82) is 0 Å². The van der Waals surface area contributed by atoms with Crippen LogP contribution in [0.5, 0.6) is 0 Å². The molecular formula is C12H18N4O. The Morgan fingerprint density at radius 1 is 1.53 bits per heavy atom. The van der Waals surface area contributed by atoms with Crippen LogP contribution in [0.2, 0.25) is 0 Å². The van der Waals surface area contributed by atoms with E-state index in [9.17, 15) is 4.79 Å². The minimum Gasteiger partial charge on any atom is -0.361 e. The molecule has 1 aliphatic heterocycles. The Morgan fingerprint density at radius 2 is 2.29 bits per heavy atom. The summed E-state index contributed by atoms with van der Waals surface area (Å²) in [6, 6.07) is 3.86. The number of nitrogens with one attached hydrogen (secondary N) is 2. The molecule has 5 nitrogen and oxygen atoms in total. The number of hydrogen-bond donors (Lipinski definition) is 2. The first-order chi connectivity index (χ1) is 8.27. The number of carbonyl (C=O) groups is 1. The zero-order valence-corrected chi connectivity index (χ0v) is 10.1. The van der Waals surface area contributed by atoms with Gasteiger partial charge < -0.3 is 15.5 Å². The number of hydrogen-bond acceptors (Lipinski definition) is 4. The molecule has 1 aromatic heterocycles. The monoisotopic (exact) mass is 234 g/mol. The molecule has 2 rings (SSSR count). The normalized spacial score (nSPS) is 15.7. The molecule has 17 heavy (non-hydrogen) atoms. The zero-order chi connectivity index (χ0) is 12.1. The van der Waals surface area contributed by atoms with Crippen molar-refractivity contribution < 1.29 is 4.79 Å². The minimum atomic E-state index is 0.136. The molecule has 0 aliphatic carbocycles. The molecule has 1 aliphatic rings. The van der Waals surface area contributed by atoms with Gasteiger partial charge in [0.15, 0.2) is 0 Å². The van der Waals surface area contributed by atoms with Crippen LogP contribution >= 0.6 is 0 Å². The Bertz CT molecular complexity index is 388. The Hall–Kier alpha value is -1.62. The van der Waals surface area contributed by atoms with Gasteiger partial charge in [-0.1, -0.05) is 6.07 Å². The van der Waals surface area contributed by atoms with E-state index in [4.69, 9.17) is 0 Å². The van der Waals surface area contributed by atoms with E-state index in [-0.39, 0.29) is 5.91 Å². The second-order valence-corrected chi connectivity index (χ2v) is 4.15. The molecule has 2 N–H and O–H groups in total. The molecule has 1 saturated heterocycles. The lowest BCUT2D eigenvalue weighted by Gasteiger charge is -2.27. The van der Waals surface area contributed by atoms with Crippen LogP contribution < -0.4 is 10.6 Å². The van der Waals surface area contributed by atoms with Gasteiger partial charge in [-0.15, -0.1) is 0 Å². The Kier molecular flexibility index (Phi) is 3.93. The van der Waals surface area contributed by atoms with Crippen LogP contribution in [0.1, 0.15) is 5.56 Å². The van der Waals surface area contributed by atoms with Crippen LogP contribution in [0.3, 0.4) is 0 Å². The molecule has 1 amide bonds. The highest BCUT2D eigenvalue weighted by Crippen LogP contribution is 2.08. The second kappa shape index (κ2) is 5.63. The van der Waals surface area contributed by atoms with E-state index in [1.807, 2.05) is 24.0 Å². The van der Waals surface area contributed by atoms with E-state index in [1.54, 1.807) is 6.20 Å². The largest absolute Gasteiger partial charge is 0.361 e. The highest BCUT2D eigenvalue weighted by atomic mass is 16.2. The molecule has 1 fully saturated rings. The van der Waals surface area contributed by atoms with Gasteiger partial charge in [-0.2, -0.15) is 0 Å². The second-order valence-electron chi connectivity index (χ2n) is 4.15. The highest BCUT2D eigenvalue weighted by Gasteiger charge is 2.15. The molecule has 0 radical (unpaired) electrons. The van der Waals surface area contributed by atoms with Gasteiger partial charge in [0, 0.05) is 32.4 Å². The SMILES string of the molecule is Cc1cccnc1NCC(=O)N1CCNCC1. The summed E-state index contributed by atoms with van der Waals surface area (Å²) in [6.45, 7) is 5.65. The number of aromatic nitrogens is 1. The number of piperazine rings is 1. The van der Waals surface area contributed by atoms with Crippen LogP contribution in [0.25, 0.3) is 0 Å². The predicted molar refractivity (Wildman–Crippen MR) is 66.9 cm³/mol. The van der Waals surface area contributed by atoms with E-state index in [0.29, 0.717) is 6.54 Å². The van der Waals surface area contributed by atoms with Gasteiger partial charge in [0.25, 0.3) is 0 Å². The summed E-state index contributed by atoms with van der Waals surface area (Å²) in [4.78, 5) is 18.0. The number of amides is 1. The lowest BCUT2D eigenvalue weighted by Crippen LogP contribution is -2.48. The Morgan fingerprint density at radius 3 is 3.00 bits per heavy atom. The molecular weight excluding hydrogens is 216 g/mol. The van der Waals surface area contributed by atoms with Crippen molar-refractivity contribution in [3.05, 3.63) is 23.9 Å². The smallest absolute Gasteiger partial charge is 0.242 e. The summed E-state index contributed by atoms with van der Waals surface area (Å²) >= 11 is 0. The van der Waals surface area contributed by atoms with Crippen molar-refractivity contribution >= 4 is 11.7 Å². The number of rotatable bonds is 3. The van der Waals surface area contributed by atoms with Crippen LogP contribution in [0.4, 0.5) is 5.82 Å². The van der Waals surface area contributed by atoms with Crippen molar-refractivity contribution in [2.24, 2.45) is 0 Å². The van der Waals surface area contributed by atoms with E-state index < -0.39 is 0 Å². The average molecular weight is 234 g/mol. The van der Waals surface area contributed by atoms with E-state index in [1.165, 1.54) is 0 Å². The number of anilines is 1. The van der Waals surface area contributed by atoms with Gasteiger partial charge >= 0.3 is 0 Å². The van der Waals surface area contributed by atoms with Gasteiger partial charge in [-0.25, -0.2) is 4.98 Å². The standard InChI is InChI=1S/C12H18N4O/c1-10-3-2-4-14-12(10)15-9-11(17)16-7-5-13-6-8-16/h2-4,13H,5-9H2,1H3,(H,14,15). The molecule has 0 spiro atoms. The maximum absolute atomic E-state index is 11.9. The quantitative estimate of drug-likeness (QED) is 0.786. The fourth-order valence-electron chi connectivity index (χ4n) is 1.86. The van der Waals surface area contributed by atoms with E-state index in [0.717, 1.165) is 37.6 Å². The minimum absolute atomic E-state index is 0.136. The molecule has 0 bridgehead atoms. The van der Waals surface area contributed by atoms with E-state index in [2.05, 4.69) is 15.6 Å². The summed E-state index contributed by atoms with van der Waals surface area (Å²) in [6.07, 6.45) is 1.73. The van der Waals surface area contributed by atoms with Crippen molar-refractivity contribution in [3.8, 4) is 0 Å². The first-order valence-corrected chi connectivity index (χ1v) is 5.91. The molecule has 1 aromatic rings. The molecule has 0 aromatic carbocycles. The summed E-state index contributed by atoms with van der Waals surface area (Å²) < 4.78 is 0. The van der Waals surface area contributed by atoms with E-state index >= 15 is 0 Å². The maximum atomic E-state index is 11.9. The fraction of sp³-hybridized carbons (Fsp3) is 0.500. The van der Waals surface area contributed by atoms with Gasteiger partial charge in [-0.05, 0) is 18.6 Å². The van der Waals surface area contributed by atoms with Gasteiger partial charge in [-0.3, -0.25) is 4.79 Å². The third-order valence-corrected chi connectivity index (χ3v) is 2.89. The zero-order valence-electron chi connectivity index (χ0n) is 10.1. The maximum Gasteiger partial charge on any atom is 0.242 e. The number of pyridine rings is 1. The summed E-state index contributed by atoms with van der Waals surface area (Å²) in [5.74, 6) is 0.924. The van der Waals surface area contributed by atoms with Crippen molar-refractivity contribution in [3.63, 3.8) is 0 Å². The number of carbonyl (C=O) groups excluding carboxylic acids is 1. The Balaban J connectivity index is 1.85. The third kappa shape index (κ3) is 3.17. The lowest BCUT2D eigenvalue weighted by atomic mass is 10.3. The number of aryl methyl sites for hydroxylation is 1. The highest BCUT2D eigenvalue weighted by molar-refractivity contribution is 5.80. The summed E-state index contributed by atoms with van der Waals surface area (Å²) in [5, 5.41) is 6.31. The molecule has 0 unspecified atom stereocenters. The summed E-state index contributed by atoms with van der Waals surface area (Å²) in [5.41, 5.74) is 1.06. The fourth-order valence-corrected chi connectivity index (χ4v) is 1.86. The van der Waals surface area contributed by atoms with Gasteiger partial charge in [0.1, 0.15) is 5.82 Å². The predicted octanol–water partition coefficient (Wildman–Crippen LogP) is 0.234. The third-order valence-electron chi connectivity index (χ3n) is 2.89. The molecule has 2 heterocycles.